The van der Waals surface area contributed by atoms with Crippen LogP contribution in [0.3, 0.4) is 0 Å². The molecule has 10 aromatic rings. The van der Waals surface area contributed by atoms with Crippen molar-refractivity contribution in [3.63, 3.8) is 0 Å². The van der Waals surface area contributed by atoms with Crippen molar-refractivity contribution >= 4 is 70.9 Å². The Morgan fingerprint density at radius 2 is 0.667 bits per heavy atom. The van der Waals surface area contributed by atoms with Gasteiger partial charge in [0.15, 0.2) is 0 Å². The van der Waals surface area contributed by atoms with Gasteiger partial charge >= 0.3 is 0 Å². The Morgan fingerprint density at radius 1 is 0.216 bits per heavy atom. The molecular formula is C50H33N. The average Bonchev–Trinajstić information content (AvgIpc) is 3.21. The zero-order valence-electron chi connectivity index (χ0n) is 28.0. The smallest absolute Gasteiger partial charge is 0.0468 e. The third-order valence-electron chi connectivity index (χ3n) is 10.4. The molecule has 0 radical (unpaired) electrons. The summed E-state index contributed by atoms with van der Waals surface area (Å²) in [6.07, 6.45) is 0. The topological polar surface area (TPSA) is 3.24 Å². The fraction of sp³-hybridized carbons (Fsp3) is 0. The van der Waals surface area contributed by atoms with Gasteiger partial charge in [0.1, 0.15) is 0 Å². The van der Waals surface area contributed by atoms with E-state index >= 15 is 0 Å². The van der Waals surface area contributed by atoms with Crippen LogP contribution >= 0.6 is 0 Å². The maximum atomic E-state index is 2.38. The summed E-state index contributed by atoms with van der Waals surface area (Å²) >= 11 is 0. The van der Waals surface area contributed by atoms with Gasteiger partial charge in [-0.1, -0.05) is 158 Å². The highest BCUT2D eigenvalue weighted by Gasteiger charge is 2.15. The molecule has 0 atom stereocenters. The minimum atomic E-state index is 1.11. The Hall–Kier alpha value is -6.70. The van der Waals surface area contributed by atoms with Crippen LogP contribution in [0.2, 0.25) is 0 Å². The highest BCUT2D eigenvalue weighted by molar-refractivity contribution is 6.17. The highest BCUT2D eigenvalue weighted by Crippen LogP contribution is 2.40. The molecule has 0 heterocycles. The molecule has 0 aliphatic rings. The highest BCUT2D eigenvalue weighted by atomic mass is 15.1. The second kappa shape index (κ2) is 12.0. The Kier molecular flexibility index (Phi) is 6.89. The number of hydrogen-bond donors (Lipinski definition) is 0. The molecule has 0 saturated heterocycles. The summed E-state index contributed by atoms with van der Waals surface area (Å²) in [7, 11) is 0. The average molecular weight is 648 g/mol. The minimum Gasteiger partial charge on any atom is -0.310 e. The van der Waals surface area contributed by atoms with E-state index < -0.39 is 0 Å². The summed E-state index contributed by atoms with van der Waals surface area (Å²) in [5.74, 6) is 0. The van der Waals surface area contributed by atoms with E-state index in [1.165, 1.54) is 76.1 Å². The molecule has 0 aromatic heterocycles. The van der Waals surface area contributed by atoms with Crippen LogP contribution in [0, 0.1) is 0 Å². The Balaban J connectivity index is 1.07. The maximum absolute atomic E-state index is 2.38. The van der Waals surface area contributed by atoms with Gasteiger partial charge in [0.05, 0.1) is 0 Å². The molecule has 0 amide bonds. The minimum absolute atomic E-state index is 1.11. The van der Waals surface area contributed by atoms with E-state index in [9.17, 15) is 0 Å². The monoisotopic (exact) mass is 647 g/mol. The molecule has 10 rings (SSSR count). The lowest BCUT2D eigenvalue weighted by Crippen LogP contribution is -2.10. The molecular weight excluding hydrogens is 615 g/mol. The normalized spacial score (nSPS) is 11.5. The number of benzene rings is 10. The maximum Gasteiger partial charge on any atom is 0.0468 e. The van der Waals surface area contributed by atoms with Gasteiger partial charge < -0.3 is 4.90 Å². The summed E-state index contributed by atoms with van der Waals surface area (Å²) in [5.41, 5.74) is 8.17. The van der Waals surface area contributed by atoms with Crippen LogP contribution in [0.25, 0.3) is 76.1 Å². The van der Waals surface area contributed by atoms with Crippen molar-refractivity contribution in [2.75, 3.05) is 4.90 Å². The van der Waals surface area contributed by atoms with Crippen molar-refractivity contribution in [3.8, 4) is 22.3 Å². The van der Waals surface area contributed by atoms with E-state index in [2.05, 4.69) is 205 Å². The molecule has 0 fully saturated rings. The number of anilines is 3. The number of fused-ring (bicyclic) bond motifs is 8. The predicted octanol–water partition coefficient (Wildman–Crippen LogP) is 14.3. The lowest BCUT2D eigenvalue weighted by Gasteiger charge is -2.27. The van der Waals surface area contributed by atoms with E-state index in [1.807, 2.05) is 0 Å². The molecule has 1 heteroatoms. The Labute approximate surface area is 297 Å². The third kappa shape index (κ3) is 5.10. The number of rotatable bonds is 5. The van der Waals surface area contributed by atoms with Gasteiger partial charge in [0, 0.05) is 17.1 Å². The zero-order chi connectivity index (χ0) is 33.7. The van der Waals surface area contributed by atoms with Crippen LogP contribution in [0.1, 0.15) is 0 Å². The van der Waals surface area contributed by atoms with E-state index in [1.54, 1.807) is 0 Å². The second-order valence-corrected chi connectivity index (χ2v) is 13.4. The van der Waals surface area contributed by atoms with E-state index in [0.717, 1.165) is 17.1 Å². The number of nitrogens with zero attached hydrogens (tertiary/aromatic N) is 1. The van der Waals surface area contributed by atoms with Crippen LogP contribution in [-0.2, 0) is 0 Å². The molecule has 51 heavy (non-hydrogen) atoms. The first-order valence-electron chi connectivity index (χ1n) is 17.6. The quantitative estimate of drug-likeness (QED) is 0.168. The van der Waals surface area contributed by atoms with Crippen LogP contribution in [-0.4, -0.2) is 0 Å². The largest absolute Gasteiger partial charge is 0.310 e. The standard InChI is InChI=1S/C50H33N/c1-2-9-34(10-3-1)38-13-8-14-43(32-38)51(44-26-30-47-41(33-44)18-17-36-11-4-6-15-45(36)47)42-24-19-35(20-25-42)39-22-27-48-40(31-39)23-29-49-46-16-7-5-12-37(46)21-28-50(48)49/h1-33H. The summed E-state index contributed by atoms with van der Waals surface area (Å²) in [6.45, 7) is 0. The van der Waals surface area contributed by atoms with Gasteiger partial charge in [-0.3, -0.25) is 0 Å². The van der Waals surface area contributed by atoms with Crippen molar-refractivity contribution < 1.29 is 0 Å². The summed E-state index contributed by atoms with van der Waals surface area (Å²) in [6, 6.07) is 73.0. The lowest BCUT2D eigenvalue weighted by molar-refractivity contribution is 1.29. The molecule has 0 saturated carbocycles. The Bertz CT molecular complexity index is 2900. The van der Waals surface area contributed by atoms with E-state index in [0.29, 0.717) is 0 Å². The van der Waals surface area contributed by atoms with Gasteiger partial charge in [-0.2, -0.15) is 0 Å². The summed E-state index contributed by atoms with van der Waals surface area (Å²) in [4.78, 5) is 2.38. The first kappa shape index (κ1) is 29.2. The van der Waals surface area contributed by atoms with Crippen LogP contribution in [0.4, 0.5) is 17.1 Å². The van der Waals surface area contributed by atoms with Crippen LogP contribution in [0.5, 0.6) is 0 Å². The van der Waals surface area contributed by atoms with E-state index in [4.69, 9.17) is 0 Å². The summed E-state index contributed by atoms with van der Waals surface area (Å²) < 4.78 is 0. The zero-order valence-corrected chi connectivity index (χ0v) is 28.0. The molecule has 0 aliphatic carbocycles. The lowest BCUT2D eigenvalue weighted by atomic mass is 9.95. The molecule has 0 N–H and O–H groups in total. The Morgan fingerprint density at radius 3 is 1.45 bits per heavy atom. The molecule has 10 aromatic carbocycles. The molecule has 1 nitrogen and oxygen atoms in total. The van der Waals surface area contributed by atoms with Crippen LogP contribution in [0.15, 0.2) is 200 Å². The van der Waals surface area contributed by atoms with Gasteiger partial charge in [-0.05, 0) is 119 Å². The summed E-state index contributed by atoms with van der Waals surface area (Å²) in [5, 5.41) is 12.7. The van der Waals surface area contributed by atoms with Crippen molar-refractivity contribution in [2.45, 2.75) is 0 Å². The molecule has 0 aliphatic heterocycles. The van der Waals surface area contributed by atoms with Crippen molar-refractivity contribution in [2.24, 2.45) is 0 Å². The first-order chi connectivity index (χ1) is 25.3. The first-order valence-corrected chi connectivity index (χ1v) is 17.6. The van der Waals surface area contributed by atoms with Gasteiger partial charge in [-0.15, -0.1) is 0 Å². The van der Waals surface area contributed by atoms with Crippen molar-refractivity contribution in [1.29, 1.82) is 0 Å². The third-order valence-corrected chi connectivity index (χ3v) is 10.4. The predicted molar refractivity (Wildman–Crippen MR) is 220 cm³/mol. The fourth-order valence-corrected chi connectivity index (χ4v) is 7.85. The van der Waals surface area contributed by atoms with Gasteiger partial charge in [-0.25, -0.2) is 0 Å². The number of hydrogen-bond acceptors (Lipinski definition) is 1. The fourth-order valence-electron chi connectivity index (χ4n) is 7.85. The van der Waals surface area contributed by atoms with Gasteiger partial charge in [0.2, 0.25) is 0 Å². The molecule has 238 valence electrons. The van der Waals surface area contributed by atoms with E-state index in [-0.39, 0.29) is 0 Å². The van der Waals surface area contributed by atoms with Crippen molar-refractivity contribution in [1.82, 2.24) is 0 Å². The van der Waals surface area contributed by atoms with Crippen molar-refractivity contribution in [3.05, 3.63) is 200 Å². The SMILES string of the molecule is c1ccc(-c2cccc(N(c3ccc(-c4ccc5c(ccc6c7ccccc7ccc56)c4)cc3)c3ccc4c(ccc5ccccc54)c3)c2)cc1. The molecule has 0 unspecified atom stereocenters. The molecule has 0 spiro atoms. The van der Waals surface area contributed by atoms with Gasteiger partial charge in [0.25, 0.3) is 0 Å². The molecule has 0 bridgehead atoms. The second-order valence-electron chi connectivity index (χ2n) is 13.4. The van der Waals surface area contributed by atoms with Crippen LogP contribution < -0.4 is 4.90 Å².